The molecule has 1 heterocycles. The van der Waals surface area contributed by atoms with Crippen LogP contribution in [-0.4, -0.2) is 35.7 Å². The average molecular weight is 326 g/mol. The van der Waals surface area contributed by atoms with Gasteiger partial charge in [-0.05, 0) is 12.3 Å². The van der Waals surface area contributed by atoms with Gasteiger partial charge in [0.1, 0.15) is 5.82 Å². The smallest absolute Gasteiger partial charge is 0.330 e. The van der Waals surface area contributed by atoms with Crippen LogP contribution in [0.1, 0.15) is 33.6 Å². The first-order valence-corrected chi connectivity index (χ1v) is 7.75. The number of nitrogen functional groups attached to an aromatic ring is 1. The second-order valence-corrected chi connectivity index (χ2v) is 5.74. The summed E-state index contributed by atoms with van der Waals surface area (Å²) in [5, 5.41) is 0. The molecule has 0 saturated heterocycles. The van der Waals surface area contributed by atoms with Gasteiger partial charge >= 0.3 is 5.69 Å². The van der Waals surface area contributed by atoms with E-state index in [1.165, 1.54) is 9.47 Å². The number of nitrogens with one attached hydrogen (secondary N) is 1. The number of aromatic nitrogens is 2. The van der Waals surface area contributed by atoms with E-state index in [0.29, 0.717) is 26.1 Å². The van der Waals surface area contributed by atoms with Gasteiger partial charge in [0.25, 0.3) is 5.56 Å². The number of methoxy groups -OCH3 is 1. The minimum Gasteiger partial charge on any atom is -0.385 e. The molecule has 0 aromatic carbocycles. The molecular weight excluding hydrogens is 300 g/mol. The number of rotatable bonds is 8. The minimum absolute atomic E-state index is 0.0201. The molecule has 1 rings (SSSR count). The van der Waals surface area contributed by atoms with E-state index in [2.05, 4.69) is 4.98 Å². The molecule has 0 aliphatic heterocycles. The molecule has 130 valence electrons. The Labute approximate surface area is 135 Å². The number of carbonyl (C=O) groups is 1. The van der Waals surface area contributed by atoms with E-state index in [0.717, 1.165) is 0 Å². The van der Waals surface area contributed by atoms with E-state index in [4.69, 9.17) is 10.5 Å². The normalized spacial score (nSPS) is 11.0. The lowest BCUT2D eigenvalue weighted by atomic mass is 10.2. The highest BCUT2D eigenvalue weighted by molar-refractivity contribution is 5.95. The number of ether oxygens (including phenoxy) is 1. The predicted octanol–water partition coefficient (Wildman–Crippen LogP) is 0.554. The van der Waals surface area contributed by atoms with Crippen molar-refractivity contribution >= 4 is 17.4 Å². The van der Waals surface area contributed by atoms with Crippen molar-refractivity contribution in [2.24, 2.45) is 5.92 Å². The number of anilines is 2. The van der Waals surface area contributed by atoms with Crippen molar-refractivity contribution in [3.05, 3.63) is 20.8 Å². The average Bonchev–Trinajstić information content (AvgIpc) is 2.49. The topological polar surface area (TPSA) is 110 Å². The molecule has 1 aromatic rings. The van der Waals surface area contributed by atoms with Crippen LogP contribution in [0.25, 0.3) is 0 Å². The Morgan fingerprint density at radius 2 is 2.04 bits per heavy atom. The summed E-state index contributed by atoms with van der Waals surface area (Å²) < 4.78 is 6.29. The lowest BCUT2D eigenvalue weighted by Crippen LogP contribution is -2.42. The van der Waals surface area contributed by atoms with Crippen molar-refractivity contribution in [2.75, 3.05) is 30.9 Å². The van der Waals surface area contributed by atoms with Gasteiger partial charge in [-0.15, -0.1) is 0 Å². The molecule has 8 nitrogen and oxygen atoms in total. The maximum absolute atomic E-state index is 12.2. The zero-order chi connectivity index (χ0) is 17.6. The third kappa shape index (κ3) is 4.69. The summed E-state index contributed by atoms with van der Waals surface area (Å²) in [6.45, 7) is 6.69. The largest absolute Gasteiger partial charge is 0.385 e. The van der Waals surface area contributed by atoms with Crippen LogP contribution in [-0.2, 0) is 16.1 Å². The molecule has 3 N–H and O–H groups in total. The maximum atomic E-state index is 12.2. The van der Waals surface area contributed by atoms with Crippen LogP contribution in [0.2, 0.25) is 0 Å². The summed E-state index contributed by atoms with van der Waals surface area (Å²) in [7, 11) is 1.57. The fourth-order valence-corrected chi connectivity index (χ4v) is 2.30. The monoisotopic (exact) mass is 326 g/mol. The zero-order valence-corrected chi connectivity index (χ0v) is 14.2. The molecule has 23 heavy (non-hydrogen) atoms. The molecule has 8 heteroatoms. The van der Waals surface area contributed by atoms with Crippen molar-refractivity contribution < 1.29 is 9.53 Å². The first-order valence-electron chi connectivity index (χ1n) is 7.75. The highest BCUT2D eigenvalue weighted by atomic mass is 16.5. The lowest BCUT2D eigenvalue weighted by Gasteiger charge is -2.24. The van der Waals surface area contributed by atoms with Crippen molar-refractivity contribution in [3.63, 3.8) is 0 Å². The Kier molecular flexibility index (Phi) is 7.02. The van der Waals surface area contributed by atoms with Gasteiger partial charge in [-0.1, -0.05) is 20.8 Å². The van der Waals surface area contributed by atoms with E-state index >= 15 is 0 Å². The molecule has 0 unspecified atom stereocenters. The number of nitrogens with two attached hydrogens (primary N) is 1. The maximum Gasteiger partial charge on any atom is 0.330 e. The standard InChI is InChI=1S/C15H26N4O4/c1-5-11(20)18(7-6-8-23-4)12-13(16)19(9-10(2)3)15(22)17-14(12)21/h10H,5-9,16H2,1-4H3,(H,17,21,22). The Morgan fingerprint density at radius 1 is 1.39 bits per heavy atom. The second kappa shape index (κ2) is 8.52. The zero-order valence-electron chi connectivity index (χ0n) is 14.2. The Balaban J connectivity index is 3.37. The molecular formula is C15H26N4O4. The summed E-state index contributed by atoms with van der Waals surface area (Å²) in [6, 6.07) is 0. The number of hydrogen-bond donors (Lipinski definition) is 2. The Hall–Kier alpha value is -2.09. The summed E-state index contributed by atoms with van der Waals surface area (Å²) >= 11 is 0. The van der Waals surface area contributed by atoms with Crippen molar-refractivity contribution in [1.29, 1.82) is 0 Å². The van der Waals surface area contributed by atoms with Crippen molar-refractivity contribution in [1.82, 2.24) is 9.55 Å². The number of carbonyl (C=O) groups excluding carboxylic acids is 1. The van der Waals surface area contributed by atoms with Gasteiger partial charge in [-0.3, -0.25) is 19.1 Å². The van der Waals surface area contributed by atoms with E-state index in [-0.39, 0.29) is 29.8 Å². The Bertz CT molecular complexity index is 648. The van der Waals surface area contributed by atoms with Crippen LogP contribution in [0, 0.1) is 5.92 Å². The van der Waals surface area contributed by atoms with Crippen LogP contribution in [0.5, 0.6) is 0 Å². The van der Waals surface area contributed by atoms with Crippen LogP contribution in [0.4, 0.5) is 11.5 Å². The predicted molar refractivity (Wildman–Crippen MR) is 89.7 cm³/mol. The first kappa shape index (κ1) is 19.0. The van der Waals surface area contributed by atoms with E-state index in [1.54, 1.807) is 14.0 Å². The van der Waals surface area contributed by atoms with Gasteiger partial charge in [0.05, 0.1) is 0 Å². The molecule has 0 atom stereocenters. The van der Waals surface area contributed by atoms with Gasteiger partial charge in [0.15, 0.2) is 5.69 Å². The first-order chi connectivity index (χ1) is 10.8. The van der Waals surface area contributed by atoms with E-state index in [1.807, 2.05) is 13.8 Å². The molecule has 0 radical (unpaired) electrons. The quantitative estimate of drug-likeness (QED) is 0.678. The van der Waals surface area contributed by atoms with Crippen LogP contribution in [0.3, 0.4) is 0 Å². The van der Waals surface area contributed by atoms with Crippen LogP contribution >= 0.6 is 0 Å². The van der Waals surface area contributed by atoms with Gasteiger partial charge in [-0.25, -0.2) is 4.79 Å². The third-order valence-electron chi connectivity index (χ3n) is 3.37. The molecule has 0 spiro atoms. The number of amides is 1. The summed E-state index contributed by atoms with van der Waals surface area (Å²) in [5.41, 5.74) is 4.87. The fraction of sp³-hybridized carbons (Fsp3) is 0.667. The summed E-state index contributed by atoms with van der Waals surface area (Å²) in [4.78, 5) is 40.0. The number of aromatic amines is 1. The molecule has 0 aliphatic carbocycles. The number of H-pyrrole nitrogens is 1. The molecule has 0 fully saturated rings. The van der Waals surface area contributed by atoms with Gasteiger partial charge < -0.3 is 15.4 Å². The van der Waals surface area contributed by atoms with E-state index in [9.17, 15) is 14.4 Å². The summed E-state index contributed by atoms with van der Waals surface area (Å²) in [5.74, 6) is -0.0442. The SMILES string of the molecule is CCC(=O)N(CCCOC)c1c(N)n(CC(C)C)c(=O)[nH]c1=O. The van der Waals surface area contributed by atoms with Gasteiger partial charge in [0.2, 0.25) is 5.91 Å². The highest BCUT2D eigenvalue weighted by Gasteiger charge is 2.23. The molecule has 0 aliphatic rings. The van der Waals surface area contributed by atoms with E-state index < -0.39 is 11.2 Å². The van der Waals surface area contributed by atoms with Crippen molar-refractivity contribution in [2.45, 2.75) is 40.2 Å². The van der Waals surface area contributed by atoms with Gasteiger partial charge in [0, 0.05) is 33.2 Å². The number of nitrogens with zero attached hydrogens (tertiary/aromatic N) is 2. The molecule has 1 aromatic heterocycles. The fourth-order valence-electron chi connectivity index (χ4n) is 2.30. The minimum atomic E-state index is -0.647. The summed E-state index contributed by atoms with van der Waals surface area (Å²) in [6.07, 6.45) is 0.791. The van der Waals surface area contributed by atoms with Crippen LogP contribution < -0.4 is 21.9 Å². The Morgan fingerprint density at radius 3 is 2.57 bits per heavy atom. The molecule has 0 bridgehead atoms. The molecule has 0 saturated carbocycles. The number of hydrogen-bond acceptors (Lipinski definition) is 5. The van der Waals surface area contributed by atoms with Crippen molar-refractivity contribution in [3.8, 4) is 0 Å². The second-order valence-electron chi connectivity index (χ2n) is 5.74. The van der Waals surface area contributed by atoms with Gasteiger partial charge in [-0.2, -0.15) is 0 Å². The van der Waals surface area contributed by atoms with Crippen LogP contribution in [0.15, 0.2) is 9.59 Å². The highest BCUT2D eigenvalue weighted by Crippen LogP contribution is 2.18. The lowest BCUT2D eigenvalue weighted by molar-refractivity contribution is -0.118. The third-order valence-corrected chi connectivity index (χ3v) is 3.37. The molecule has 1 amide bonds.